The van der Waals surface area contributed by atoms with Gasteiger partial charge in [-0.05, 0) is 32.7 Å². The van der Waals surface area contributed by atoms with Crippen LogP contribution in [0.4, 0.5) is 0 Å². The number of rotatable bonds is 0. The molecule has 1 aliphatic rings. The van der Waals surface area contributed by atoms with Gasteiger partial charge in [0.1, 0.15) is 7.28 Å². The molecule has 0 aromatic heterocycles. The predicted molar refractivity (Wildman–Crippen MR) is 71.1 cm³/mol. The molecule has 0 atom stereocenters. The summed E-state index contributed by atoms with van der Waals surface area (Å²) >= 11 is 0. The van der Waals surface area contributed by atoms with E-state index >= 15 is 0 Å². The summed E-state index contributed by atoms with van der Waals surface area (Å²) < 4.78 is 0. The molecule has 15 heavy (non-hydrogen) atoms. The molecule has 0 spiro atoms. The first kappa shape index (κ1) is 13.1. The molecule has 1 heterocycles. The molecule has 0 radical (unpaired) electrons. The average molecular weight is 209 g/mol. The third-order valence-electron chi connectivity index (χ3n) is 4.60. The Morgan fingerprint density at radius 1 is 1.07 bits per heavy atom. The summed E-state index contributed by atoms with van der Waals surface area (Å²) in [6.45, 7) is 19.2. The Kier molecular flexibility index (Phi) is 3.32. The number of nitrogens with zero attached hydrogens (tertiary/aromatic N) is 1. The lowest BCUT2D eigenvalue weighted by molar-refractivity contribution is 0.0803. The van der Waals surface area contributed by atoms with Crippen LogP contribution in [0, 0.1) is 5.41 Å². The van der Waals surface area contributed by atoms with Gasteiger partial charge in [-0.2, -0.15) is 0 Å². The summed E-state index contributed by atoms with van der Waals surface area (Å²) in [6, 6.07) is 0. The van der Waals surface area contributed by atoms with Crippen molar-refractivity contribution in [1.82, 2.24) is 4.90 Å². The van der Waals surface area contributed by atoms with Crippen molar-refractivity contribution in [2.75, 3.05) is 13.1 Å². The largest absolute Gasteiger partial charge is 0.299 e. The summed E-state index contributed by atoms with van der Waals surface area (Å²) in [5.41, 5.74) is 0.731. The summed E-state index contributed by atoms with van der Waals surface area (Å²) in [5.74, 6) is 0. The molecular weight excluding hydrogens is 181 g/mol. The number of hydrogen-bond acceptors (Lipinski definition) is 1. The van der Waals surface area contributed by atoms with Crippen molar-refractivity contribution in [3.8, 4) is 0 Å². The van der Waals surface area contributed by atoms with Crippen molar-refractivity contribution >= 4 is 7.28 Å². The van der Waals surface area contributed by atoms with Gasteiger partial charge in [0, 0.05) is 12.1 Å². The fourth-order valence-corrected chi connectivity index (χ4v) is 2.39. The van der Waals surface area contributed by atoms with Gasteiger partial charge in [-0.3, -0.25) is 4.90 Å². The van der Waals surface area contributed by atoms with E-state index in [1.807, 2.05) is 0 Å². The van der Waals surface area contributed by atoms with E-state index < -0.39 is 0 Å². The van der Waals surface area contributed by atoms with E-state index in [0.29, 0.717) is 16.3 Å². The zero-order valence-electron chi connectivity index (χ0n) is 11.8. The molecule has 0 saturated carbocycles. The van der Waals surface area contributed by atoms with Crippen LogP contribution < -0.4 is 0 Å². The Morgan fingerprint density at radius 3 is 2.07 bits per heavy atom. The maximum absolute atomic E-state index is 2.65. The fourth-order valence-electron chi connectivity index (χ4n) is 2.39. The van der Waals surface area contributed by atoms with Crippen LogP contribution in [-0.2, 0) is 0 Å². The highest BCUT2D eigenvalue weighted by atomic mass is 15.2. The highest BCUT2D eigenvalue weighted by molar-refractivity contribution is 6.40. The first-order chi connectivity index (χ1) is 6.56. The normalized spacial score (nSPS) is 26.9. The quantitative estimate of drug-likeness (QED) is 0.554. The smallest absolute Gasteiger partial charge is 0.129 e. The second-order valence-corrected chi connectivity index (χ2v) is 7.46. The first-order valence-electron chi connectivity index (χ1n) is 6.31. The molecule has 0 bridgehead atoms. The maximum Gasteiger partial charge on any atom is 0.129 e. The molecule has 1 aliphatic heterocycles. The molecule has 0 aliphatic carbocycles. The highest BCUT2D eigenvalue weighted by Gasteiger charge is 2.42. The van der Waals surface area contributed by atoms with Crippen LogP contribution in [0.3, 0.4) is 0 Å². The third kappa shape index (κ3) is 2.78. The molecule has 2 heteroatoms. The lowest BCUT2D eigenvalue weighted by atomic mass is 9.44. The van der Waals surface area contributed by atoms with Gasteiger partial charge in [0.25, 0.3) is 0 Å². The van der Waals surface area contributed by atoms with Crippen LogP contribution in [0.5, 0.6) is 0 Å². The van der Waals surface area contributed by atoms with E-state index in [-0.39, 0.29) is 0 Å². The summed E-state index contributed by atoms with van der Waals surface area (Å²) in [7, 11) is 1.35. The SMILES string of the molecule is CC(C)(C)N1CCBC(C)(C)C(C)(C)C1. The van der Waals surface area contributed by atoms with Gasteiger partial charge in [0.2, 0.25) is 0 Å². The predicted octanol–water partition coefficient (Wildman–Crippen LogP) is 3.18. The zero-order valence-corrected chi connectivity index (χ0v) is 11.8. The Labute approximate surface area is 96.9 Å². The second kappa shape index (κ2) is 3.80. The van der Waals surface area contributed by atoms with Crippen LogP contribution >= 0.6 is 0 Å². The lowest BCUT2D eigenvalue weighted by Crippen LogP contribution is -2.47. The Morgan fingerprint density at radius 2 is 1.60 bits per heavy atom. The van der Waals surface area contributed by atoms with Gasteiger partial charge < -0.3 is 0 Å². The summed E-state index contributed by atoms with van der Waals surface area (Å²) in [6.07, 6.45) is 1.34. The van der Waals surface area contributed by atoms with Crippen LogP contribution in [-0.4, -0.2) is 30.8 Å². The minimum absolute atomic E-state index is 0.317. The molecule has 1 nitrogen and oxygen atoms in total. The molecule has 0 aromatic carbocycles. The Hall–Kier alpha value is 0.0249. The molecule has 88 valence electrons. The van der Waals surface area contributed by atoms with Gasteiger partial charge in [0.05, 0.1) is 0 Å². The van der Waals surface area contributed by atoms with Crippen molar-refractivity contribution < 1.29 is 0 Å². The van der Waals surface area contributed by atoms with Crippen molar-refractivity contribution in [2.45, 2.75) is 65.6 Å². The first-order valence-corrected chi connectivity index (χ1v) is 6.31. The molecule has 0 N–H and O–H groups in total. The number of hydrogen-bond donors (Lipinski definition) is 0. The second-order valence-electron chi connectivity index (χ2n) is 7.46. The van der Waals surface area contributed by atoms with Gasteiger partial charge in [-0.15, -0.1) is 0 Å². The van der Waals surface area contributed by atoms with Crippen LogP contribution in [0.15, 0.2) is 0 Å². The Balaban J connectivity index is 2.87. The van der Waals surface area contributed by atoms with E-state index in [4.69, 9.17) is 0 Å². The topological polar surface area (TPSA) is 3.24 Å². The molecule has 0 amide bonds. The van der Waals surface area contributed by atoms with Crippen LogP contribution in [0.1, 0.15) is 48.5 Å². The van der Waals surface area contributed by atoms with E-state index in [0.717, 1.165) is 0 Å². The van der Waals surface area contributed by atoms with Gasteiger partial charge >= 0.3 is 0 Å². The molecule has 1 fully saturated rings. The monoisotopic (exact) mass is 209 g/mol. The molecule has 0 aromatic rings. The molecule has 0 unspecified atom stereocenters. The van der Waals surface area contributed by atoms with Gasteiger partial charge in [-0.1, -0.05) is 39.3 Å². The van der Waals surface area contributed by atoms with E-state index in [9.17, 15) is 0 Å². The summed E-state index contributed by atoms with van der Waals surface area (Å²) in [5, 5.41) is 0.465. The summed E-state index contributed by atoms with van der Waals surface area (Å²) in [4.78, 5) is 2.65. The third-order valence-corrected chi connectivity index (χ3v) is 4.60. The maximum atomic E-state index is 2.65. The molecule has 1 saturated heterocycles. The van der Waals surface area contributed by atoms with Crippen LogP contribution in [0.2, 0.25) is 11.6 Å². The lowest BCUT2D eigenvalue weighted by Gasteiger charge is -2.45. The average Bonchev–Trinajstić information content (AvgIpc) is 2.08. The van der Waals surface area contributed by atoms with E-state index in [2.05, 4.69) is 53.4 Å². The van der Waals surface area contributed by atoms with Gasteiger partial charge in [0.15, 0.2) is 0 Å². The van der Waals surface area contributed by atoms with Crippen LogP contribution in [0.25, 0.3) is 0 Å². The van der Waals surface area contributed by atoms with Gasteiger partial charge in [-0.25, -0.2) is 0 Å². The minimum Gasteiger partial charge on any atom is -0.299 e. The zero-order chi connectivity index (χ0) is 11.9. The molecular formula is C13H28BN. The Bertz CT molecular complexity index is 225. The van der Waals surface area contributed by atoms with Crippen molar-refractivity contribution in [1.29, 1.82) is 0 Å². The van der Waals surface area contributed by atoms with E-state index in [1.54, 1.807) is 0 Å². The highest BCUT2D eigenvalue weighted by Crippen LogP contribution is 2.47. The fraction of sp³-hybridized carbons (Fsp3) is 1.00. The minimum atomic E-state index is 0.317. The van der Waals surface area contributed by atoms with Crippen molar-refractivity contribution in [2.24, 2.45) is 5.41 Å². The standard InChI is InChI=1S/C13H28BN/c1-11(2,3)15-9-8-14-13(6,7)12(4,5)10-15/h14H,8-10H2,1-7H3. The molecule has 1 rings (SSSR count). The van der Waals surface area contributed by atoms with Crippen molar-refractivity contribution in [3.63, 3.8) is 0 Å². The van der Waals surface area contributed by atoms with E-state index in [1.165, 1.54) is 26.7 Å². The van der Waals surface area contributed by atoms with Crippen molar-refractivity contribution in [3.05, 3.63) is 0 Å².